The van der Waals surface area contributed by atoms with E-state index in [2.05, 4.69) is 16.6 Å². The smallest absolute Gasteiger partial charge is 0.418 e. The Morgan fingerprint density at radius 2 is 1.90 bits per heavy atom. The van der Waals surface area contributed by atoms with E-state index in [1.165, 1.54) is 46.1 Å². The number of anilines is 1. The number of hydrogen-bond donors (Lipinski definition) is 1. The molecule has 3 amide bonds. The summed E-state index contributed by atoms with van der Waals surface area (Å²) in [5.41, 5.74) is -1.51. The van der Waals surface area contributed by atoms with Crippen LogP contribution in [0.2, 0.25) is 5.02 Å². The highest BCUT2D eigenvalue weighted by molar-refractivity contribution is 6.34. The number of Topliss-reactive ketones (excluding diaryl/α,β-unsaturated/α-hetero) is 1. The van der Waals surface area contributed by atoms with Gasteiger partial charge in [0.1, 0.15) is 0 Å². The molecule has 1 atom stereocenters. The summed E-state index contributed by atoms with van der Waals surface area (Å²) < 4.78 is 9.57. The summed E-state index contributed by atoms with van der Waals surface area (Å²) in [6, 6.07) is 2.11. The molecule has 1 saturated heterocycles. The molecule has 0 radical (unpaired) electrons. The van der Waals surface area contributed by atoms with Crippen molar-refractivity contribution in [3.8, 4) is 0 Å². The summed E-state index contributed by atoms with van der Waals surface area (Å²) >= 11 is 6.06. The van der Waals surface area contributed by atoms with Gasteiger partial charge in [0.15, 0.2) is 17.4 Å². The minimum atomic E-state index is -1.85. The minimum Gasteiger partial charge on any atom is -0.465 e. The predicted molar refractivity (Wildman–Crippen MR) is 102 cm³/mol. The highest BCUT2D eigenvalue weighted by atomic mass is 35.5. The second kappa shape index (κ2) is 8.04. The first kappa shape index (κ1) is 22.1. The molecule has 2 rings (SSSR count). The molecule has 1 aliphatic rings. The van der Waals surface area contributed by atoms with E-state index in [9.17, 15) is 24.0 Å². The maximum absolute atomic E-state index is 12.9. The van der Waals surface area contributed by atoms with Crippen molar-refractivity contribution >= 4 is 46.9 Å². The number of nitrogens with zero attached hydrogens (tertiary/aromatic N) is 1. The SMILES string of the molecule is C=C(C)C(=O)C(C(=O)Nc1cc(C(=O)OC)ccc1Cl)N1C(=O)OC(C)(C)C1=O. The molecule has 10 heteroatoms. The molecule has 154 valence electrons. The second-order valence-electron chi connectivity index (χ2n) is 6.78. The average molecular weight is 423 g/mol. The van der Waals surface area contributed by atoms with Gasteiger partial charge in [0, 0.05) is 0 Å². The van der Waals surface area contributed by atoms with Gasteiger partial charge >= 0.3 is 12.1 Å². The molecule has 1 aliphatic heterocycles. The first-order valence-electron chi connectivity index (χ1n) is 8.35. The van der Waals surface area contributed by atoms with Crippen LogP contribution in [0.25, 0.3) is 0 Å². The first-order valence-corrected chi connectivity index (χ1v) is 8.73. The van der Waals surface area contributed by atoms with Crippen LogP contribution < -0.4 is 5.32 Å². The molecule has 0 bridgehead atoms. The van der Waals surface area contributed by atoms with Crippen molar-refractivity contribution in [3.63, 3.8) is 0 Å². The quantitative estimate of drug-likeness (QED) is 0.424. The summed E-state index contributed by atoms with van der Waals surface area (Å²) in [5.74, 6) is -3.41. The number of methoxy groups -OCH3 is 1. The molecule has 1 aromatic carbocycles. The molecule has 1 aromatic rings. The molecule has 1 heterocycles. The third-order valence-electron chi connectivity index (χ3n) is 4.09. The Morgan fingerprint density at radius 3 is 2.38 bits per heavy atom. The number of cyclic esters (lactones) is 1. The van der Waals surface area contributed by atoms with E-state index in [0.29, 0.717) is 4.90 Å². The van der Waals surface area contributed by atoms with Gasteiger partial charge in [-0.2, -0.15) is 0 Å². The van der Waals surface area contributed by atoms with Gasteiger partial charge in [-0.05, 0) is 44.5 Å². The van der Waals surface area contributed by atoms with E-state index in [-0.39, 0.29) is 21.8 Å². The topological polar surface area (TPSA) is 119 Å². The number of benzene rings is 1. The third kappa shape index (κ3) is 4.29. The van der Waals surface area contributed by atoms with E-state index in [0.717, 1.165) is 0 Å². The van der Waals surface area contributed by atoms with Crippen LogP contribution in [0.5, 0.6) is 0 Å². The van der Waals surface area contributed by atoms with E-state index in [4.69, 9.17) is 16.3 Å². The summed E-state index contributed by atoms with van der Waals surface area (Å²) in [7, 11) is 1.18. The number of carbonyl (C=O) groups is 5. The number of ether oxygens (including phenoxy) is 2. The lowest BCUT2D eigenvalue weighted by molar-refractivity contribution is -0.142. The van der Waals surface area contributed by atoms with Crippen LogP contribution >= 0.6 is 11.6 Å². The van der Waals surface area contributed by atoms with E-state index in [1.807, 2.05) is 0 Å². The molecule has 1 fully saturated rings. The summed E-state index contributed by atoms with van der Waals surface area (Å²) in [4.78, 5) is 62.4. The van der Waals surface area contributed by atoms with Crippen LogP contribution in [0.1, 0.15) is 31.1 Å². The van der Waals surface area contributed by atoms with Crippen molar-refractivity contribution in [3.05, 3.63) is 40.9 Å². The minimum absolute atomic E-state index is 0.0154. The van der Waals surface area contributed by atoms with Crippen molar-refractivity contribution in [2.45, 2.75) is 32.4 Å². The van der Waals surface area contributed by atoms with Crippen LogP contribution in [0.15, 0.2) is 30.4 Å². The first-order chi connectivity index (χ1) is 13.4. The number of carbonyl (C=O) groups excluding carboxylic acids is 5. The monoisotopic (exact) mass is 422 g/mol. The predicted octanol–water partition coefficient (Wildman–Crippen LogP) is 2.34. The molecule has 9 nitrogen and oxygen atoms in total. The normalized spacial score (nSPS) is 16.1. The molecule has 0 aliphatic carbocycles. The molecule has 0 spiro atoms. The Kier molecular flexibility index (Phi) is 6.13. The van der Waals surface area contributed by atoms with Crippen molar-refractivity contribution in [1.82, 2.24) is 4.90 Å². The fourth-order valence-electron chi connectivity index (χ4n) is 2.56. The van der Waals surface area contributed by atoms with Gasteiger partial charge in [-0.15, -0.1) is 0 Å². The van der Waals surface area contributed by atoms with Crippen LogP contribution in [0.3, 0.4) is 0 Å². The molecular formula is C19H19ClN2O7. The second-order valence-corrected chi connectivity index (χ2v) is 7.18. The van der Waals surface area contributed by atoms with Gasteiger partial charge in [0.25, 0.3) is 11.8 Å². The molecule has 29 heavy (non-hydrogen) atoms. The van der Waals surface area contributed by atoms with Gasteiger partial charge in [0.2, 0.25) is 0 Å². The van der Waals surface area contributed by atoms with Crippen molar-refractivity contribution in [1.29, 1.82) is 0 Å². The summed E-state index contributed by atoms with van der Waals surface area (Å²) in [5, 5.41) is 2.43. The number of hydrogen-bond acceptors (Lipinski definition) is 7. The Bertz CT molecular complexity index is 938. The summed E-state index contributed by atoms with van der Waals surface area (Å²) in [6.07, 6.45) is -1.14. The van der Waals surface area contributed by atoms with Crippen molar-refractivity contribution in [2.24, 2.45) is 0 Å². The number of ketones is 1. The number of rotatable bonds is 6. The maximum Gasteiger partial charge on any atom is 0.418 e. The Labute approximate surface area is 171 Å². The number of esters is 1. The number of amides is 3. The lowest BCUT2D eigenvalue weighted by atomic mass is 10.0. The largest absolute Gasteiger partial charge is 0.465 e. The Morgan fingerprint density at radius 1 is 1.28 bits per heavy atom. The molecule has 0 saturated carbocycles. The third-order valence-corrected chi connectivity index (χ3v) is 4.42. The number of halogens is 1. The summed E-state index contributed by atoms with van der Waals surface area (Å²) in [6.45, 7) is 7.49. The van der Waals surface area contributed by atoms with Gasteiger partial charge in [0.05, 0.1) is 23.4 Å². The maximum atomic E-state index is 12.9. The molecular weight excluding hydrogens is 404 g/mol. The standard InChI is InChI=1S/C19H19ClN2O7/c1-9(2)14(23)13(22-17(26)19(3,4)29-18(22)27)15(24)21-12-8-10(16(25)28-5)6-7-11(12)20/h6-8,13H,1H2,2-5H3,(H,21,24). The number of nitrogens with one attached hydrogen (secondary N) is 1. The van der Waals surface area contributed by atoms with E-state index in [1.54, 1.807) is 0 Å². The Balaban J connectivity index is 2.44. The highest BCUT2D eigenvalue weighted by Gasteiger charge is 2.53. The van der Waals surface area contributed by atoms with Crippen LogP contribution in [-0.4, -0.2) is 53.3 Å². The van der Waals surface area contributed by atoms with Gasteiger partial charge in [-0.1, -0.05) is 18.2 Å². The zero-order chi connectivity index (χ0) is 22.1. The molecule has 1 N–H and O–H groups in total. The van der Waals surface area contributed by atoms with Crippen LogP contribution in [0, 0.1) is 0 Å². The zero-order valence-corrected chi connectivity index (χ0v) is 17.0. The van der Waals surface area contributed by atoms with Gasteiger partial charge < -0.3 is 14.8 Å². The zero-order valence-electron chi connectivity index (χ0n) is 16.2. The van der Waals surface area contributed by atoms with E-state index >= 15 is 0 Å². The Hall–Kier alpha value is -3.20. The van der Waals surface area contributed by atoms with Crippen molar-refractivity contribution < 1.29 is 33.4 Å². The van der Waals surface area contributed by atoms with Crippen LogP contribution in [-0.2, 0) is 23.9 Å². The molecule has 0 aromatic heterocycles. The van der Waals surface area contributed by atoms with Gasteiger partial charge in [-0.25, -0.2) is 14.5 Å². The lowest BCUT2D eigenvalue weighted by Gasteiger charge is -2.23. The van der Waals surface area contributed by atoms with Crippen molar-refractivity contribution in [2.75, 3.05) is 12.4 Å². The van der Waals surface area contributed by atoms with Gasteiger partial charge in [-0.3, -0.25) is 14.4 Å². The average Bonchev–Trinajstić information content (AvgIpc) is 2.84. The lowest BCUT2D eigenvalue weighted by Crippen LogP contribution is -2.53. The highest BCUT2D eigenvalue weighted by Crippen LogP contribution is 2.28. The fraction of sp³-hybridized carbons (Fsp3) is 0.316. The van der Waals surface area contributed by atoms with Crippen LogP contribution in [0.4, 0.5) is 10.5 Å². The van der Waals surface area contributed by atoms with E-state index < -0.39 is 41.3 Å². The molecule has 1 unspecified atom stereocenters. The number of imide groups is 1. The fourth-order valence-corrected chi connectivity index (χ4v) is 2.73.